The molecule has 0 aliphatic carbocycles. The van der Waals surface area contributed by atoms with E-state index in [1.165, 1.54) is 48.5 Å². The van der Waals surface area contributed by atoms with Gasteiger partial charge in [0, 0.05) is 12.2 Å². The lowest BCUT2D eigenvalue weighted by Gasteiger charge is -2.09. The van der Waals surface area contributed by atoms with Crippen molar-refractivity contribution in [3.8, 4) is 17.2 Å². The lowest BCUT2D eigenvalue weighted by molar-refractivity contribution is 0.0696. The topological polar surface area (TPSA) is 118 Å². The number of carboxylic acids is 1. The van der Waals surface area contributed by atoms with Crippen LogP contribution in [0.15, 0.2) is 73.1 Å². The SMILES string of the molecule is CN[C@@H](C)C/C=C/c1cncc(OC(C)C)c1.O=C(O)c1ccc(OC(=O)c2ccc(O)cc2)cc1. The lowest BCUT2D eigenvalue weighted by Crippen LogP contribution is -2.19. The number of aromatic nitrogens is 1. The number of carbonyl (C=O) groups is 2. The van der Waals surface area contributed by atoms with Crippen molar-refractivity contribution in [3.63, 3.8) is 0 Å². The lowest BCUT2D eigenvalue weighted by atomic mass is 10.2. The predicted molar refractivity (Wildman–Crippen MR) is 139 cm³/mol. The van der Waals surface area contributed by atoms with Crippen molar-refractivity contribution in [1.82, 2.24) is 10.3 Å². The first-order valence-corrected chi connectivity index (χ1v) is 11.5. The summed E-state index contributed by atoms with van der Waals surface area (Å²) < 4.78 is 10.7. The first kappa shape index (κ1) is 28.1. The van der Waals surface area contributed by atoms with Crippen LogP contribution in [0.5, 0.6) is 17.2 Å². The molecule has 3 aromatic rings. The number of benzene rings is 2. The minimum atomic E-state index is -1.04. The molecule has 0 radical (unpaired) electrons. The normalized spacial score (nSPS) is 11.5. The number of nitrogens with one attached hydrogen (secondary N) is 1. The summed E-state index contributed by atoms with van der Waals surface area (Å²) in [6.45, 7) is 6.18. The Morgan fingerprint density at radius 1 is 0.972 bits per heavy atom. The number of rotatable bonds is 9. The molecular formula is C28H32N2O6. The van der Waals surface area contributed by atoms with Crippen LogP contribution in [0.4, 0.5) is 0 Å². The van der Waals surface area contributed by atoms with Crippen LogP contribution in [0.3, 0.4) is 0 Å². The number of phenolic OH excluding ortho intramolecular Hbond substituents is 1. The molecule has 0 unspecified atom stereocenters. The van der Waals surface area contributed by atoms with Crippen molar-refractivity contribution in [1.29, 1.82) is 0 Å². The van der Waals surface area contributed by atoms with Gasteiger partial charge in [-0.2, -0.15) is 0 Å². The molecular weight excluding hydrogens is 460 g/mol. The molecule has 0 aliphatic rings. The van der Waals surface area contributed by atoms with E-state index >= 15 is 0 Å². The summed E-state index contributed by atoms with van der Waals surface area (Å²) in [5, 5.41) is 21.0. The van der Waals surface area contributed by atoms with Crippen LogP contribution in [-0.2, 0) is 0 Å². The van der Waals surface area contributed by atoms with Gasteiger partial charge >= 0.3 is 11.9 Å². The summed E-state index contributed by atoms with van der Waals surface area (Å²) in [5.41, 5.74) is 1.48. The number of phenols is 1. The van der Waals surface area contributed by atoms with Gasteiger partial charge in [0.05, 0.1) is 23.4 Å². The molecule has 0 aliphatic heterocycles. The number of aromatic carboxylic acids is 1. The number of aromatic hydroxyl groups is 1. The molecule has 2 aromatic carbocycles. The highest BCUT2D eigenvalue weighted by Gasteiger charge is 2.09. The Kier molecular flexibility index (Phi) is 11.1. The molecule has 3 rings (SSSR count). The Labute approximate surface area is 211 Å². The fourth-order valence-corrected chi connectivity index (χ4v) is 2.82. The first-order chi connectivity index (χ1) is 17.2. The molecule has 1 aromatic heterocycles. The first-order valence-electron chi connectivity index (χ1n) is 11.5. The molecule has 1 atom stereocenters. The maximum Gasteiger partial charge on any atom is 0.343 e. The second-order valence-corrected chi connectivity index (χ2v) is 8.21. The Balaban J connectivity index is 0.000000255. The third kappa shape index (κ3) is 9.99. The van der Waals surface area contributed by atoms with E-state index in [1.807, 2.05) is 33.2 Å². The summed E-state index contributed by atoms with van der Waals surface area (Å²) >= 11 is 0. The van der Waals surface area contributed by atoms with Gasteiger partial charge in [-0.15, -0.1) is 0 Å². The highest BCUT2D eigenvalue weighted by atomic mass is 16.5. The number of esters is 1. The van der Waals surface area contributed by atoms with Gasteiger partial charge in [-0.1, -0.05) is 12.2 Å². The zero-order chi connectivity index (χ0) is 26.5. The molecule has 0 saturated heterocycles. The molecule has 0 fully saturated rings. The van der Waals surface area contributed by atoms with Gasteiger partial charge in [0.15, 0.2) is 0 Å². The number of hydrogen-bond donors (Lipinski definition) is 3. The highest BCUT2D eigenvalue weighted by Crippen LogP contribution is 2.16. The fourth-order valence-electron chi connectivity index (χ4n) is 2.82. The number of ether oxygens (including phenoxy) is 2. The van der Waals surface area contributed by atoms with Gasteiger partial charge in [0.1, 0.15) is 17.2 Å². The number of nitrogens with zero attached hydrogens (tertiary/aromatic N) is 1. The van der Waals surface area contributed by atoms with E-state index in [2.05, 4.69) is 29.4 Å². The summed E-state index contributed by atoms with van der Waals surface area (Å²) in [4.78, 5) is 26.5. The monoisotopic (exact) mass is 492 g/mol. The maximum atomic E-state index is 11.7. The summed E-state index contributed by atoms with van der Waals surface area (Å²) in [5.74, 6) is -0.492. The minimum absolute atomic E-state index is 0.0577. The van der Waals surface area contributed by atoms with Crippen molar-refractivity contribution in [3.05, 3.63) is 89.8 Å². The standard InChI is InChI=1S/C14H22N2O.C14H10O5/c1-11(2)17-14-8-13(9-16-10-14)7-5-6-12(3)15-4;15-11-5-1-10(2-6-11)14(18)19-12-7-3-9(4-8-12)13(16)17/h5,7-12,15H,6H2,1-4H3;1-8,15H,(H,16,17)/b7-5+;/t12-;/m0./s1. The minimum Gasteiger partial charge on any atom is -0.508 e. The van der Waals surface area contributed by atoms with Crippen LogP contribution in [0, 0.1) is 0 Å². The van der Waals surface area contributed by atoms with Crippen molar-refractivity contribution in [2.75, 3.05) is 7.05 Å². The third-order valence-electron chi connectivity index (χ3n) is 4.81. The van der Waals surface area contributed by atoms with Crippen molar-refractivity contribution in [2.24, 2.45) is 0 Å². The van der Waals surface area contributed by atoms with Crippen LogP contribution in [-0.4, -0.2) is 46.3 Å². The van der Waals surface area contributed by atoms with Gasteiger partial charge in [-0.3, -0.25) is 4.98 Å². The second-order valence-electron chi connectivity index (χ2n) is 8.21. The molecule has 190 valence electrons. The Hall–Kier alpha value is -4.17. The predicted octanol–water partition coefficient (Wildman–Crippen LogP) is 5.19. The van der Waals surface area contributed by atoms with E-state index < -0.39 is 11.9 Å². The smallest absolute Gasteiger partial charge is 0.343 e. The quantitative estimate of drug-likeness (QED) is 0.276. The molecule has 3 N–H and O–H groups in total. The van der Waals surface area contributed by atoms with E-state index in [0.717, 1.165) is 17.7 Å². The van der Waals surface area contributed by atoms with Crippen LogP contribution in [0.1, 0.15) is 53.5 Å². The number of pyridine rings is 1. The third-order valence-corrected chi connectivity index (χ3v) is 4.81. The summed E-state index contributed by atoms with van der Waals surface area (Å²) in [6, 6.07) is 13.6. The number of hydrogen-bond acceptors (Lipinski definition) is 7. The average molecular weight is 493 g/mol. The van der Waals surface area contributed by atoms with Crippen LogP contribution in [0.25, 0.3) is 6.08 Å². The van der Waals surface area contributed by atoms with Gasteiger partial charge in [0.2, 0.25) is 0 Å². The average Bonchev–Trinajstić information content (AvgIpc) is 2.85. The molecule has 0 spiro atoms. The van der Waals surface area contributed by atoms with Crippen LogP contribution >= 0.6 is 0 Å². The van der Waals surface area contributed by atoms with Crippen LogP contribution in [0.2, 0.25) is 0 Å². The summed E-state index contributed by atoms with van der Waals surface area (Å²) in [7, 11) is 1.97. The van der Waals surface area contributed by atoms with E-state index in [9.17, 15) is 9.59 Å². The number of carboxylic acid groups (broad SMARTS) is 1. The van der Waals surface area contributed by atoms with Crippen molar-refractivity contribution >= 4 is 18.0 Å². The Morgan fingerprint density at radius 2 is 1.61 bits per heavy atom. The van der Waals surface area contributed by atoms with Gasteiger partial charge in [-0.05, 0) is 94.4 Å². The van der Waals surface area contributed by atoms with E-state index in [4.69, 9.17) is 19.7 Å². The Morgan fingerprint density at radius 3 is 2.19 bits per heavy atom. The molecule has 36 heavy (non-hydrogen) atoms. The van der Waals surface area contributed by atoms with E-state index in [-0.39, 0.29) is 23.2 Å². The fraction of sp³-hybridized carbons (Fsp3) is 0.250. The summed E-state index contributed by atoms with van der Waals surface area (Å²) in [6.07, 6.45) is 9.00. The molecule has 1 heterocycles. The van der Waals surface area contributed by atoms with Gasteiger partial charge in [-0.25, -0.2) is 9.59 Å². The molecule has 8 heteroatoms. The van der Waals surface area contributed by atoms with Crippen molar-refractivity contribution < 1.29 is 29.3 Å². The largest absolute Gasteiger partial charge is 0.508 e. The highest BCUT2D eigenvalue weighted by molar-refractivity contribution is 5.91. The van der Waals surface area contributed by atoms with E-state index in [0.29, 0.717) is 11.6 Å². The van der Waals surface area contributed by atoms with E-state index in [1.54, 1.807) is 6.20 Å². The Bertz CT molecular complexity index is 1140. The molecule has 0 saturated carbocycles. The van der Waals surface area contributed by atoms with Crippen LogP contribution < -0.4 is 14.8 Å². The van der Waals surface area contributed by atoms with Gasteiger partial charge in [0.25, 0.3) is 0 Å². The zero-order valence-corrected chi connectivity index (χ0v) is 20.8. The second kappa shape index (κ2) is 14.3. The molecule has 8 nitrogen and oxygen atoms in total. The number of carbonyl (C=O) groups excluding carboxylic acids is 1. The maximum absolute atomic E-state index is 11.7. The van der Waals surface area contributed by atoms with Crippen molar-refractivity contribution in [2.45, 2.75) is 39.3 Å². The van der Waals surface area contributed by atoms with Gasteiger partial charge < -0.3 is 25.0 Å². The molecule has 0 bridgehead atoms. The molecule has 0 amide bonds. The zero-order valence-electron chi connectivity index (χ0n) is 20.8.